The molecule has 0 saturated heterocycles. The highest BCUT2D eigenvalue weighted by Crippen LogP contribution is 2.22. The van der Waals surface area contributed by atoms with Gasteiger partial charge in [0, 0.05) is 17.7 Å². The van der Waals surface area contributed by atoms with Crippen molar-refractivity contribution in [1.82, 2.24) is 0 Å². The summed E-state index contributed by atoms with van der Waals surface area (Å²) in [5, 5.41) is 19.2. The van der Waals surface area contributed by atoms with E-state index in [1.807, 2.05) is 6.07 Å². The summed E-state index contributed by atoms with van der Waals surface area (Å²) in [4.78, 5) is 21.7. The van der Waals surface area contributed by atoms with Crippen molar-refractivity contribution in [3.63, 3.8) is 0 Å². The Morgan fingerprint density at radius 2 is 2.21 bits per heavy atom. The SMILES string of the molecule is COC(=O)c1cc([N+](=O)[O-])cc(C#CCC#N)c1C. The Bertz CT molecular complexity index is 633. The van der Waals surface area contributed by atoms with Gasteiger partial charge in [0.2, 0.25) is 0 Å². The highest BCUT2D eigenvalue weighted by molar-refractivity contribution is 5.92. The maximum absolute atomic E-state index is 11.5. The van der Waals surface area contributed by atoms with E-state index in [0.717, 1.165) is 6.07 Å². The predicted molar refractivity (Wildman–Crippen MR) is 66.3 cm³/mol. The lowest BCUT2D eigenvalue weighted by Gasteiger charge is -2.06. The van der Waals surface area contributed by atoms with Crippen LogP contribution < -0.4 is 0 Å². The first-order valence-corrected chi connectivity index (χ1v) is 5.24. The molecule has 6 heteroatoms. The number of ether oxygens (including phenoxy) is 1. The van der Waals surface area contributed by atoms with E-state index >= 15 is 0 Å². The van der Waals surface area contributed by atoms with Crippen molar-refractivity contribution < 1.29 is 14.5 Å². The van der Waals surface area contributed by atoms with Gasteiger partial charge in [-0.3, -0.25) is 10.1 Å². The first-order chi connectivity index (χ1) is 9.01. The second-order valence-electron chi connectivity index (χ2n) is 3.55. The number of carbonyl (C=O) groups is 1. The van der Waals surface area contributed by atoms with E-state index in [9.17, 15) is 14.9 Å². The van der Waals surface area contributed by atoms with Gasteiger partial charge in [0.05, 0.1) is 30.1 Å². The fourth-order valence-corrected chi connectivity index (χ4v) is 1.44. The number of nitrogens with zero attached hydrogens (tertiary/aromatic N) is 2. The molecule has 0 atom stereocenters. The van der Waals surface area contributed by atoms with Crippen LogP contribution in [0.4, 0.5) is 5.69 Å². The van der Waals surface area contributed by atoms with Crippen molar-refractivity contribution in [3.8, 4) is 17.9 Å². The Hall–Kier alpha value is -2.86. The van der Waals surface area contributed by atoms with E-state index < -0.39 is 10.9 Å². The molecule has 0 fully saturated rings. The van der Waals surface area contributed by atoms with E-state index in [1.54, 1.807) is 6.92 Å². The van der Waals surface area contributed by atoms with Gasteiger partial charge in [-0.15, -0.1) is 0 Å². The molecule has 0 bridgehead atoms. The standard InChI is InChI=1S/C13H10N2O4/c1-9-10(5-3-4-6-14)7-11(15(17)18)8-12(9)13(16)19-2/h7-8H,4H2,1-2H3. The lowest BCUT2D eigenvalue weighted by molar-refractivity contribution is -0.384. The molecule has 0 heterocycles. The van der Waals surface area contributed by atoms with E-state index in [-0.39, 0.29) is 17.7 Å². The number of hydrogen-bond acceptors (Lipinski definition) is 5. The number of non-ortho nitro benzene ring substituents is 1. The van der Waals surface area contributed by atoms with Gasteiger partial charge < -0.3 is 4.74 Å². The molecule has 19 heavy (non-hydrogen) atoms. The summed E-state index contributed by atoms with van der Waals surface area (Å²) in [5.74, 6) is 4.54. The van der Waals surface area contributed by atoms with E-state index in [0.29, 0.717) is 11.1 Å². The molecule has 0 aromatic heterocycles. The van der Waals surface area contributed by atoms with Gasteiger partial charge >= 0.3 is 5.97 Å². The molecule has 1 rings (SSSR count). The number of rotatable bonds is 2. The van der Waals surface area contributed by atoms with Crippen LogP contribution in [-0.2, 0) is 4.74 Å². The molecule has 0 saturated carbocycles. The minimum Gasteiger partial charge on any atom is -0.465 e. The minimum absolute atomic E-state index is 0.00961. The van der Waals surface area contributed by atoms with Crippen LogP contribution in [0, 0.1) is 40.2 Å². The zero-order valence-electron chi connectivity index (χ0n) is 10.4. The third-order valence-corrected chi connectivity index (χ3v) is 2.40. The molecule has 0 unspecified atom stereocenters. The lowest BCUT2D eigenvalue weighted by atomic mass is 10.0. The fourth-order valence-electron chi connectivity index (χ4n) is 1.44. The van der Waals surface area contributed by atoms with Crippen LogP contribution in [0.25, 0.3) is 0 Å². The molecule has 0 aliphatic rings. The number of carbonyl (C=O) groups excluding carboxylic acids is 1. The van der Waals surface area contributed by atoms with Crippen molar-refractivity contribution in [2.45, 2.75) is 13.3 Å². The summed E-state index contributed by atoms with van der Waals surface area (Å²) in [6, 6.07) is 4.26. The van der Waals surface area contributed by atoms with E-state index in [2.05, 4.69) is 16.6 Å². The quantitative estimate of drug-likeness (QED) is 0.350. The van der Waals surface area contributed by atoms with Crippen LogP contribution in [0.15, 0.2) is 12.1 Å². The summed E-state index contributed by atoms with van der Waals surface area (Å²) in [5.41, 5.74) is 0.679. The van der Waals surface area contributed by atoms with Crippen LogP contribution in [0.2, 0.25) is 0 Å². The molecule has 0 amide bonds. The summed E-state index contributed by atoms with van der Waals surface area (Å²) in [7, 11) is 1.20. The molecule has 0 spiro atoms. The second-order valence-corrected chi connectivity index (χ2v) is 3.55. The first-order valence-electron chi connectivity index (χ1n) is 5.24. The van der Waals surface area contributed by atoms with Crippen LogP contribution >= 0.6 is 0 Å². The molecular formula is C13H10N2O4. The molecular weight excluding hydrogens is 248 g/mol. The molecule has 0 N–H and O–H groups in total. The Balaban J connectivity index is 3.43. The van der Waals surface area contributed by atoms with Crippen LogP contribution in [0.5, 0.6) is 0 Å². The zero-order valence-corrected chi connectivity index (χ0v) is 10.4. The van der Waals surface area contributed by atoms with Crippen LogP contribution in [0.1, 0.15) is 27.9 Å². The summed E-state index contributed by atoms with van der Waals surface area (Å²) >= 11 is 0. The van der Waals surface area contributed by atoms with Gasteiger partial charge in [-0.05, 0) is 12.5 Å². The monoisotopic (exact) mass is 258 g/mol. The van der Waals surface area contributed by atoms with Gasteiger partial charge in [-0.1, -0.05) is 11.8 Å². The van der Waals surface area contributed by atoms with Crippen molar-refractivity contribution in [2.24, 2.45) is 0 Å². The number of benzene rings is 1. The third-order valence-electron chi connectivity index (χ3n) is 2.40. The molecule has 0 aliphatic heterocycles. The molecule has 0 radical (unpaired) electrons. The molecule has 6 nitrogen and oxygen atoms in total. The van der Waals surface area contributed by atoms with Gasteiger partial charge in [-0.25, -0.2) is 4.79 Å². The average molecular weight is 258 g/mol. The highest BCUT2D eigenvalue weighted by Gasteiger charge is 2.18. The van der Waals surface area contributed by atoms with E-state index in [1.165, 1.54) is 13.2 Å². The molecule has 1 aromatic carbocycles. The number of nitro benzene ring substituents is 1. The summed E-state index contributed by atoms with van der Waals surface area (Å²) in [6.07, 6.45) is 0.00961. The Labute approximate surface area is 109 Å². The Kier molecular flexibility index (Phi) is 4.62. The average Bonchev–Trinajstić information content (AvgIpc) is 2.39. The maximum atomic E-state index is 11.5. The van der Waals surface area contributed by atoms with Gasteiger partial charge in [0.25, 0.3) is 5.69 Å². The topological polar surface area (TPSA) is 93.2 Å². The molecule has 0 aliphatic carbocycles. The number of methoxy groups -OCH3 is 1. The Morgan fingerprint density at radius 1 is 1.53 bits per heavy atom. The summed E-state index contributed by atoms with van der Waals surface area (Å²) < 4.78 is 4.57. The number of nitro groups is 1. The van der Waals surface area contributed by atoms with Crippen molar-refractivity contribution in [2.75, 3.05) is 7.11 Å². The zero-order chi connectivity index (χ0) is 14.4. The first kappa shape index (κ1) is 14.2. The molecule has 96 valence electrons. The maximum Gasteiger partial charge on any atom is 0.338 e. The lowest BCUT2D eigenvalue weighted by Crippen LogP contribution is -2.06. The van der Waals surface area contributed by atoms with Gasteiger partial charge in [0.15, 0.2) is 0 Å². The Morgan fingerprint density at radius 3 is 2.74 bits per heavy atom. The fraction of sp³-hybridized carbons (Fsp3) is 0.231. The summed E-state index contributed by atoms with van der Waals surface area (Å²) in [6.45, 7) is 1.62. The number of esters is 1. The molecule has 1 aromatic rings. The number of nitriles is 1. The third kappa shape index (κ3) is 3.30. The minimum atomic E-state index is -0.662. The highest BCUT2D eigenvalue weighted by atomic mass is 16.6. The van der Waals surface area contributed by atoms with Gasteiger partial charge in [-0.2, -0.15) is 5.26 Å². The van der Waals surface area contributed by atoms with E-state index in [4.69, 9.17) is 5.26 Å². The van der Waals surface area contributed by atoms with Crippen molar-refractivity contribution in [1.29, 1.82) is 5.26 Å². The smallest absolute Gasteiger partial charge is 0.338 e. The van der Waals surface area contributed by atoms with Crippen molar-refractivity contribution >= 4 is 11.7 Å². The van der Waals surface area contributed by atoms with Crippen molar-refractivity contribution in [3.05, 3.63) is 38.9 Å². The van der Waals surface area contributed by atoms with Crippen LogP contribution in [0.3, 0.4) is 0 Å². The predicted octanol–water partition coefficient (Wildman–Crippen LogP) is 1.95. The van der Waals surface area contributed by atoms with Gasteiger partial charge in [0.1, 0.15) is 0 Å². The second kappa shape index (κ2) is 6.18. The van der Waals surface area contributed by atoms with Crippen LogP contribution in [-0.4, -0.2) is 18.0 Å². The normalized spacial score (nSPS) is 8.89. The largest absolute Gasteiger partial charge is 0.465 e. The number of hydrogen-bond donors (Lipinski definition) is 0.